The van der Waals surface area contributed by atoms with Crippen LogP contribution in [0.3, 0.4) is 0 Å². The topological polar surface area (TPSA) is 99.1 Å². The normalized spacial score (nSPS) is 13.3. The van der Waals surface area contributed by atoms with Crippen molar-refractivity contribution in [1.82, 2.24) is 0 Å². The Balaban J connectivity index is 4.56. The molecule has 40 heavy (non-hydrogen) atoms. The molecule has 2 unspecified atom stereocenters. The van der Waals surface area contributed by atoms with Gasteiger partial charge in [0.25, 0.3) is 0 Å². The molecule has 0 saturated carbocycles. The maximum Gasteiger partial charge on any atom is 0.362 e. The van der Waals surface area contributed by atoms with Gasteiger partial charge in [-0.2, -0.15) is 0 Å². The molecule has 0 aromatic rings. The first-order valence-corrected chi connectivity index (χ1v) is 15.7. The van der Waals surface area contributed by atoms with Crippen molar-refractivity contribution in [3.8, 4) is 0 Å². The summed E-state index contributed by atoms with van der Waals surface area (Å²) in [7, 11) is 5.49. The highest BCUT2D eigenvalue weighted by Crippen LogP contribution is 2.12. The third-order valence-electron chi connectivity index (χ3n) is 6.93. The molecule has 0 radical (unpaired) electrons. The van der Waals surface area contributed by atoms with Gasteiger partial charge in [-0.15, -0.1) is 0 Å². The van der Waals surface area contributed by atoms with Crippen molar-refractivity contribution in [2.24, 2.45) is 0 Å². The minimum Gasteiger partial charge on any atom is -0.477 e. The van der Waals surface area contributed by atoms with Gasteiger partial charge in [0.05, 0.1) is 34.4 Å². The number of rotatable bonds is 27. The molecule has 0 aliphatic carbocycles. The molecule has 0 fully saturated rings. The number of carboxylic acids is 1. The van der Waals surface area contributed by atoms with E-state index in [0.717, 1.165) is 32.1 Å². The maximum atomic E-state index is 12.5. The second-order valence-electron chi connectivity index (χ2n) is 11.7. The van der Waals surface area contributed by atoms with Crippen LogP contribution >= 0.6 is 0 Å². The van der Waals surface area contributed by atoms with Crippen molar-refractivity contribution in [3.63, 3.8) is 0 Å². The van der Waals surface area contributed by atoms with E-state index in [0.29, 0.717) is 19.3 Å². The molecule has 1 N–H and O–H groups in total. The highest BCUT2D eigenvalue weighted by atomic mass is 16.6. The summed E-state index contributed by atoms with van der Waals surface area (Å²) in [5, 5.41) is 9.51. The van der Waals surface area contributed by atoms with Crippen LogP contribution in [0.5, 0.6) is 0 Å². The molecular weight excluding hydrogens is 510 g/mol. The Labute approximate surface area is 244 Å². The summed E-state index contributed by atoms with van der Waals surface area (Å²) >= 11 is 0. The zero-order chi connectivity index (χ0) is 30.1. The van der Waals surface area contributed by atoms with Crippen LogP contribution < -0.4 is 0 Å². The quantitative estimate of drug-likeness (QED) is 0.0499. The van der Waals surface area contributed by atoms with E-state index in [9.17, 15) is 19.5 Å². The lowest BCUT2D eigenvalue weighted by atomic mass is 10.1. The zero-order valence-electron chi connectivity index (χ0n) is 26.3. The fraction of sp³-hybridized carbons (Fsp3) is 0.844. The number of quaternary nitrogens is 1. The first-order chi connectivity index (χ1) is 19.1. The lowest BCUT2D eigenvalue weighted by Crippen LogP contribution is -2.50. The van der Waals surface area contributed by atoms with Crippen LogP contribution in [0, 0.1) is 0 Å². The molecule has 0 bridgehead atoms. The highest BCUT2D eigenvalue weighted by molar-refractivity contribution is 5.72. The molecule has 234 valence electrons. The molecule has 0 amide bonds. The number of esters is 2. The summed E-state index contributed by atoms with van der Waals surface area (Å²) in [5.41, 5.74) is 0. The van der Waals surface area contributed by atoms with E-state index in [2.05, 4.69) is 19.9 Å². The van der Waals surface area contributed by atoms with Crippen molar-refractivity contribution in [2.75, 3.05) is 41.0 Å². The van der Waals surface area contributed by atoms with Crippen LogP contribution in [-0.4, -0.2) is 80.6 Å². The number of carbonyl (C=O) groups excluding carboxylic acids is 2. The fourth-order valence-electron chi connectivity index (χ4n) is 4.40. The molecule has 8 heteroatoms. The Hall–Kier alpha value is -1.93. The Morgan fingerprint density at radius 3 is 1.90 bits per heavy atom. The summed E-state index contributed by atoms with van der Waals surface area (Å²) in [5.74, 6) is -1.54. The van der Waals surface area contributed by atoms with Crippen LogP contribution in [0.1, 0.15) is 123 Å². The lowest BCUT2D eigenvalue weighted by Gasteiger charge is -2.31. The lowest BCUT2D eigenvalue weighted by molar-refractivity contribution is -0.887. The minimum atomic E-state index is -0.881. The smallest absolute Gasteiger partial charge is 0.362 e. The van der Waals surface area contributed by atoms with Crippen LogP contribution in [-0.2, 0) is 28.6 Å². The number of allylic oxidation sites excluding steroid dienone is 2. The highest BCUT2D eigenvalue weighted by Gasteiger charge is 2.31. The van der Waals surface area contributed by atoms with Gasteiger partial charge in [-0.3, -0.25) is 9.59 Å². The van der Waals surface area contributed by atoms with E-state index in [1.165, 1.54) is 51.4 Å². The van der Waals surface area contributed by atoms with Gasteiger partial charge in [-0.1, -0.05) is 90.2 Å². The Morgan fingerprint density at radius 1 is 0.725 bits per heavy atom. The van der Waals surface area contributed by atoms with E-state index < -0.39 is 18.1 Å². The molecule has 0 saturated heterocycles. The number of aliphatic carboxylic acids is 1. The Morgan fingerprint density at radius 2 is 1.30 bits per heavy atom. The number of unbranched alkanes of at least 4 members (excludes halogenated alkanes) is 11. The summed E-state index contributed by atoms with van der Waals surface area (Å²) in [4.78, 5) is 36.3. The van der Waals surface area contributed by atoms with E-state index in [1.807, 2.05) is 27.2 Å². The van der Waals surface area contributed by atoms with Crippen molar-refractivity contribution in [1.29, 1.82) is 0 Å². The summed E-state index contributed by atoms with van der Waals surface area (Å²) in [6, 6.07) is -0.611. The average molecular weight is 571 g/mol. The monoisotopic (exact) mass is 570 g/mol. The second-order valence-corrected chi connectivity index (χ2v) is 11.7. The van der Waals surface area contributed by atoms with Crippen molar-refractivity contribution in [2.45, 2.75) is 135 Å². The standard InChI is InChI=1S/C32H59NO7/c1-6-8-10-12-14-15-17-19-21-23-31(35)40-28(26-38-25-24-29(32(36)37)33(3,4)5)27-39-30(34)22-20-18-16-13-11-9-7-2/h16,18,28-29H,6-15,17,19-27H2,1-5H3/p+1/b18-16+. The van der Waals surface area contributed by atoms with Gasteiger partial charge in [0, 0.05) is 19.3 Å². The van der Waals surface area contributed by atoms with Crippen LogP contribution in [0.25, 0.3) is 0 Å². The molecule has 2 atom stereocenters. The number of ether oxygens (including phenoxy) is 3. The molecule has 0 aliphatic heterocycles. The summed E-state index contributed by atoms with van der Waals surface area (Å²) < 4.78 is 17.0. The summed E-state index contributed by atoms with van der Waals surface area (Å²) in [6.07, 6.45) is 20.0. The van der Waals surface area contributed by atoms with Gasteiger partial charge < -0.3 is 23.8 Å². The van der Waals surface area contributed by atoms with E-state index in [4.69, 9.17) is 14.2 Å². The van der Waals surface area contributed by atoms with Gasteiger partial charge in [-0.05, 0) is 25.7 Å². The second kappa shape index (κ2) is 24.8. The molecule has 0 aliphatic rings. The zero-order valence-corrected chi connectivity index (χ0v) is 26.3. The predicted octanol–water partition coefficient (Wildman–Crippen LogP) is 6.85. The number of carboxylic acid groups (broad SMARTS) is 1. The number of carbonyl (C=O) groups is 3. The van der Waals surface area contributed by atoms with Crippen LogP contribution in [0.15, 0.2) is 12.2 Å². The van der Waals surface area contributed by atoms with Crippen molar-refractivity contribution in [3.05, 3.63) is 12.2 Å². The van der Waals surface area contributed by atoms with Crippen LogP contribution in [0.2, 0.25) is 0 Å². The summed E-state index contributed by atoms with van der Waals surface area (Å²) in [6.45, 7) is 4.58. The third-order valence-corrected chi connectivity index (χ3v) is 6.93. The first kappa shape index (κ1) is 38.1. The van der Waals surface area contributed by atoms with E-state index in [1.54, 1.807) is 0 Å². The fourth-order valence-corrected chi connectivity index (χ4v) is 4.40. The average Bonchev–Trinajstić information content (AvgIpc) is 2.89. The molecule has 8 nitrogen and oxygen atoms in total. The van der Waals surface area contributed by atoms with Crippen LogP contribution in [0.4, 0.5) is 0 Å². The minimum absolute atomic E-state index is 0.0532. The molecule has 0 aromatic heterocycles. The maximum absolute atomic E-state index is 12.5. The third kappa shape index (κ3) is 22.8. The van der Waals surface area contributed by atoms with Gasteiger partial charge in [0.15, 0.2) is 12.1 Å². The number of hydrogen-bond acceptors (Lipinski definition) is 6. The predicted molar refractivity (Wildman–Crippen MR) is 160 cm³/mol. The SMILES string of the molecule is CCCCC/C=C/CCC(=O)OCC(COCCC(C(=O)O)[N+](C)(C)C)OC(=O)CCCCCCCCCCC. The molecular formula is C32H60NO7+. The van der Waals surface area contributed by atoms with Crippen molar-refractivity contribution < 1.29 is 38.2 Å². The Bertz CT molecular complexity index is 687. The first-order valence-electron chi connectivity index (χ1n) is 15.7. The Kier molecular flexibility index (Phi) is 23.6. The molecule has 0 heterocycles. The van der Waals surface area contributed by atoms with Gasteiger partial charge in [0.2, 0.25) is 0 Å². The van der Waals surface area contributed by atoms with Gasteiger partial charge in [0.1, 0.15) is 6.61 Å². The van der Waals surface area contributed by atoms with Gasteiger partial charge in [-0.25, -0.2) is 4.79 Å². The number of likely N-dealkylation sites (N-methyl/N-ethyl adjacent to an activating group) is 1. The largest absolute Gasteiger partial charge is 0.477 e. The molecule has 0 rings (SSSR count). The molecule has 0 spiro atoms. The molecule has 0 aromatic carbocycles. The van der Waals surface area contributed by atoms with Crippen molar-refractivity contribution >= 4 is 17.9 Å². The van der Waals surface area contributed by atoms with E-state index in [-0.39, 0.29) is 42.7 Å². The van der Waals surface area contributed by atoms with E-state index >= 15 is 0 Å². The number of hydrogen-bond donors (Lipinski definition) is 1. The number of nitrogens with zero attached hydrogens (tertiary/aromatic N) is 1. The van der Waals surface area contributed by atoms with Gasteiger partial charge >= 0.3 is 17.9 Å².